The predicted molar refractivity (Wildman–Crippen MR) is 66.7 cm³/mol. The summed E-state index contributed by atoms with van der Waals surface area (Å²) in [6.45, 7) is 1.77. The van der Waals surface area contributed by atoms with E-state index in [0.717, 1.165) is 0 Å². The van der Waals surface area contributed by atoms with Crippen LogP contribution in [0.1, 0.15) is 23.4 Å². The van der Waals surface area contributed by atoms with E-state index in [2.05, 4.69) is 15.2 Å². The lowest BCUT2D eigenvalue weighted by molar-refractivity contribution is -0.384. The van der Waals surface area contributed by atoms with Crippen LogP contribution in [0.4, 0.5) is 20.2 Å². The summed E-state index contributed by atoms with van der Waals surface area (Å²) < 4.78 is 26.6. The molecule has 2 N–H and O–H groups in total. The van der Waals surface area contributed by atoms with Crippen molar-refractivity contribution in [2.75, 3.05) is 5.32 Å². The van der Waals surface area contributed by atoms with Gasteiger partial charge in [-0.15, -0.1) is 5.10 Å². The zero-order valence-corrected chi connectivity index (χ0v) is 10.7. The number of hydrogen-bond donors (Lipinski definition) is 2. The topological polar surface area (TPSA) is 114 Å². The van der Waals surface area contributed by atoms with Crippen LogP contribution in [-0.4, -0.2) is 26.0 Å². The molecular formula is C11H9F2N5O3. The van der Waals surface area contributed by atoms with Crippen LogP contribution in [0.15, 0.2) is 12.1 Å². The number of carbonyl (C=O) groups excluding carboxylic acids is 1. The van der Waals surface area contributed by atoms with Crippen molar-refractivity contribution < 1.29 is 18.5 Å². The molecule has 0 saturated heterocycles. The van der Waals surface area contributed by atoms with E-state index in [1.54, 1.807) is 6.92 Å². The average molecular weight is 297 g/mol. The third-order valence-corrected chi connectivity index (χ3v) is 2.54. The van der Waals surface area contributed by atoms with Crippen molar-refractivity contribution in [3.8, 4) is 0 Å². The standard InChI is InChI=1S/C11H9F2N5O3/c1-2-8-14-10(17-16-8)11(19)15-9-6(13)3-5(12)4-7(9)18(20)21/h3-4H,2H2,1H3,(H,15,19)(H,14,16,17). The smallest absolute Gasteiger partial charge is 0.298 e. The van der Waals surface area contributed by atoms with Gasteiger partial charge in [0.1, 0.15) is 11.6 Å². The van der Waals surface area contributed by atoms with Gasteiger partial charge in [0.2, 0.25) is 5.82 Å². The molecule has 0 aliphatic heterocycles. The van der Waals surface area contributed by atoms with E-state index in [4.69, 9.17) is 0 Å². The molecule has 10 heteroatoms. The summed E-state index contributed by atoms with van der Waals surface area (Å²) in [5.74, 6) is -3.21. The van der Waals surface area contributed by atoms with Gasteiger partial charge in [-0.3, -0.25) is 20.0 Å². The quantitative estimate of drug-likeness (QED) is 0.659. The number of anilines is 1. The first-order valence-electron chi connectivity index (χ1n) is 5.78. The third-order valence-electron chi connectivity index (χ3n) is 2.54. The number of nitro benzene ring substituents is 1. The summed E-state index contributed by atoms with van der Waals surface area (Å²) in [7, 11) is 0. The highest BCUT2D eigenvalue weighted by molar-refractivity contribution is 6.02. The highest BCUT2D eigenvalue weighted by atomic mass is 19.1. The summed E-state index contributed by atoms with van der Waals surface area (Å²) >= 11 is 0. The van der Waals surface area contributed by atoms with E-state index in [-0.39, 0.29) is 5.82 Å². The Morgan fingerprint density at radius 1 is 1.48 bits per heavy atom. The Labute approximate surface area is 116 Å². The molecule has 0 bridgehead atoms. The number of amides is 1. The second-order valence-electron chi connectivity index (χ2n) is 3.95. The molecule has 110 valence electrons. The van der Waals surface area contributed by atoms with Crippen molar-refractivity contribution in [2.45, 2.75) is 13.3 Å². The Hall–Kier alpha value is -2.91. The van der Waals surface area contributed by atoms with Crippen LogP contribution in [0.5, 0.6) is 0 Å². The number of nitrogens with one attached hydrogen (secondary N) is 2. The van der Waals surface area contributed by atoms with Crippen LogP contribution in [-0.2, 0) is 6.42 Å². The zero-order chi connectivity index (χ0) is 15.6. The molecule has 0 spiro atoms. The second-order valence-corrected chi connectivity index (χ2v) is 3.95. The Kier molecular flexibility index (Phi) is 3.87. The largest absolute Gasteiger partial charge is 0.311 e. The van der Waals surface area contributed by atoms with Crippen LogP contribution in [0.25, 0.3) is 0 Å². The molecule has 0 fully saturated rings. The van der Waals surface area contributed by atoms with Crippen LogP contribution >= 0.6 is 0 Å². The van der Waals surface area contributed by atoms with Gasteiger partial charge in [-0.1, -0.05) is 6.92 Å². The number of aryl methyl sites for hydroxylation is 1. The number of aromatic nitrogens is 3. The van der Waals surface area contributed by atoms with E-state index < -0.39 is 33.8 Å². The maximum atomic E-state index is 13.6. The monoisotopic (exact) mass is 297 g/mol. The van der Waals surface area contributed by atoms with Crippen molar-refractivity contribution in [1.29, 1.82) is 0 Å². The summed E-state index contributed by atoms with van der Waals surface area (Å²) in [5.41, 5.74) is -1.64. The highest BCUT2D eigenvalue weighted by Crippen LogP contribution is 2.28. The molecule has 1 aromatic heterocycles. The van der Waals surface area contributed by atoms with E-state index in [9.17, 15) is 23.7 Å². The second kappa shape index (κ2) is 5.61. The first kappa shape index (κ1) is 14.5. The van der Waals surface area contributed by atoms with Gasteiger partial charge >= 0.3 is 0 Å². The molecule has 1 aromatic carbocycles. The predicted octanol–water partition coefficient (Wildman–Crippen LogP) is 1.81. The number of aromatic amines is 1. The van der Waals surface area contributed by atoms with Gasteiger partial charge in [0, 0.05) is 12.5 Å². The molecule has 0 atom stereocenters. The van der Waals surface area contributed by atoms with Gasteiger partial charge in [0.25, 0.3) is 11.6 Å². The summed E-state index contributed by atoms with van der Waals surface area (Å²) in [4.78, 5) is 25.4. The fourth-order valence-corrected chi connectivity index (χ4v) is 1.55. The lowest BCUT2D eigenvalue weighted by Crippen LogP contribution is -2.16. The van der Waals surface area contributed by atoms with E-state index >= 15 is 0 Å². The molecule has 1 amide bonds. The number of nitro groups is 1. The minimum atomic E-state index is -1.26. The van der Waals surface area contributed by atoms with Crippen LogP contribution < -0.4 is 5.32 Å². The fourth-order valence-electron chi connectivity index (χ4n) is 1.55. The number of rotatable bonds is 4. The number of carbonyl (C=O) groups is 1. The molecule has 21 heavy (non-hydrogen) atoms. The number of halogens is 2. The van der Waals surface area contributed by atoms with Crippen molar-refractivity contribution in [1.82, 2.24) is 15.2 Å². The van der Waals surface area contributed by atoms with Crippen molar-refractivity contribution in [3.63, 3.8) is 0 Å². The molecule has 0 aliphatic carbocycles. The SMILES string of the molecule is CCc1nc(C(=O)Nc2c(F)cc(F)cc2[N+](=O)[O-])n[nH]1. The van der Waals surface area contributed by atoms with Gasteiger partial charge < -0.3 is 5.32 Å². The molecular weight excluding hydrogens is 288 g/mol. The third kappa shape index (κ3) is 2.99. The van der Waals surface area contributed by atoms with Crippen molar-refractivity contribution in [3.05, 3.63) is 45.5 Å². The Morgan fingerprint density at radius 2 is 2.19 bits per heavy atom. The molecule has 2 rings (SSSR count). The van der Waals surface area contributed by atoms with E-state index in [1.165, 1.54) is 0 Å². The molecule has 0 aliphatic rings. The number of benzene rings is 1. The van der Waals surface area contributed by atoms with Crippen LogP contribution in [0.3, 0.4) is 0 Å². The molecule has 0 radical (unpaired) electrons. The Balaban J connectivity index is 2.34. The Morgan fingerprint density at radius 3 is 2.76 bits per heavy atom. The fraction of sp³-hybridized carbons (Fsp3) is 0.182. The molecule has 1 heterocycles. The van der Waals surface area contributed by atoms with Gasteiger partial charge in [0.15, 0.2) is 11.5 Å². The van der Waals surface area contributed by atoms with Gasteiger partial charge in [0.05, 0.1) is 11.0 Å². The van der Waals surface area contributed by atoms with Crippen molar-refractivity contribution in [2.24, 2.45) is 0 Å². The first-order valence-corrected chi connectivity index (χ1v) is 5.78. The molecule has 0 saturated carbocycles. The number of nitrogens with zero attached hydrogens (tertiary/aromatic N) is 3. The van der Waals surface area contributed by atoms with Crippen LogP contribution in [0, 0.1) is 21.7 Å². The maximum Gasteiger partial charge on any atom is 0.298 e. The normalized spacial score (nSPS) is 10.4. The maximum absolute atomic E-state index is 13.6. The van der Waals surface area contributed by atoms with Crippen LogP contribution in [0.2, 0.25) is 0 Å². The zero-order valence-electron chi connectivity index (χ0n) is 10.7. The van der Waals surface area contributed by atoms with Gasteiger partial charge in [-0.05, 0) is 0 Å². The Bertz CT molecular complexity index is 716. The summed E-state index contributed by atoms with van der Waals surface area (Å²) in [6, 6.07) is 0.937. The highest BCUT2D eigenvalue weighted by Gasteiger charge is 2.24. The summed E-state index contributed by atoms with van der Waals surface area (Å²) in [6.07, 6.45) is 0.491. The molecule has 8 nitrogen and oxygen atoms in total. The lowest BCUT2D eigenvalue weighted by Gasteiger charge is -2.05. The van der Waals surface area contributed by atoms with Gasteiger partial charge in [-0.25, -0.2) is 13.8 Å². The van der Waals surface area contributed by atoms with E-state index in [1.807, 2.05) is 5.32 Å². The lowest BCUT2D eigenvalue weighted by atomic mass is 10.2. The number of H-pyrrole nitrogens is 1. The van der Waals surface area contributed by atoms with E-state index in [0.29, 0.717) is 24.4 Å². The minimum absolute atomic E-state index is 0.301. The molecule has 0 unspecified atom stereocenters. The average Bonchev–Trinajstić information content (AvgIpc) is 2.90. The first-order chi connectivity index (χ1) is 9.92. The van der Waals surface area contributed by atoms with Gasteiger partial charge in [-0.2, -0.15) is 0 Å². The summed E-state index contributed by atoms with van der Waals surface area (Å²) in [5, 5.41) is 18.8. The minimum Gasteiger partial charge on any atom is -0.311 e. The molecule has 2 aromatic rings. The number of hydrogen-bond acceptors (Lipinski definition) is 5. The van der Waals surface area contributed by atoms with Crippen molar-refractivity contribution >= 4 is 17.3 Å².